The molecule has 0 aliphatic heterocycles. The van der Waals surface area contributed by atoms with Crippen LogP contribution in [0.25, 0.3) is 21.7 Å². The van der Waals surface area contributed by atoms with Crippen LogP contribution in [0, 0.1) is 11.8 Å². The summed E-state index contributed by atoms with van der Waals surface area (Å²) in [4.78, 5) is 20.2. The molecule has 154 valence electrons. The van der Waals surface area contributed by atoms with Gasteiger partial charge in [0.05, 0.1) is 16.0 Å². The first-order valence-corrected chi connectivity index (χ1v) is 11.2. The molecule has 1 aliphatic rings. The Balaban J connectivity index is 1.48. The third-order valence-corrected chi connectivity index (χ3v) is 7.06. The van der Waals surface area contributed by atoms with Crippen molar-refractivity contribution in [1.29, 1.82) is 0 Å². The molecule has 7 nitrogen and oxygen atoms in total. The first-order valence-electron chi connectivity index (χ1n) is 9.63. The normalized spacial score (nSPS) is 13.5. The number of nitrogens with zero attached hydrogens (tertiary/aromatic N) is 4. The van der Waals surface area contributed by atoms with Crippen molar-refractivity contribution in [2.24, 2.45) is 0 Å². The monoisotopic (exact) mass is 459 g/mol. The van der Waals surface area contributed by atoms with Gasteiger partial charge in [-0.3, -0.25) is 10.2 Å². The van der Waals surface area contributed by atoms with Crippen LogP contribution in [0.3, 0.4) is 0 Å². The number of fused-ring (bicyclic) bond motifs is 3. The molecule has 4 aromatic rings. The highest BCUT2D eigenvalue weighted by atomic mass is 35.5. The highest BCUT2D eigenvalue weighted by Gasteiger charge is 2.21. The number of nitrogens with one attached hydrogen (secondary N) is 1. The van der Waals surface area contributed by atoms with Gasteiger partial charge in [-0.25, -0.2) is 9.66 Å². The fraction of sp³-hybridized carbons (Fsp3) is 0.300. The molecular weight excluding hydrogens is 442 g/mol. The smallest absolute Gasteiger partial charge is 0.289 e. The van der Waals surface area contributed by atoms with Crippen LogP contribution < -0.4 is 11.0 Å². The van der Waals surface area contributed by atoms with Gasteiger partial charge in [-0.2, -0.15) is 4.68 Å². The lowest BCUT2D eigenvalue weighted by molar-refractivity contribution is 0.510. The second kappa shape index (κ2) is 7.64. The summed E-state index contributed by atoms with van der Waals surface area (Å²) in [6, 6.07) is 7.26. The standard InChI is InChI=1S/C20H18ClN5O2S2/c1-11-23-18-16(13-7-3-5-9-15(13)30-18)19(27)26(11)22-10-25-20(29)28-17(24-25)12-6-2-4-8-14(12)21/h2,4,6,8,22H,3,5,7,9-10H2,1H3. The molecule has 0 unspecified atom stereocenters. The third kappa shape index (κ3) is 3.27. The highest BCUT2D eigenvalue weighted by molar-refractivity contribution is 7.71. The van der Waals surface area contributed by atoms with E-state index in [4.69, 9.17) is 28.2 Å². The molecule has 0 spiro atoms. The SMILES string of the molecule is Cc1nc2sc3c(c2c(=O)n1NCn1nc(-c2ccccc2Cl)oc1=S)CCCC3. The number of halogens is 1. The van der Waals surface area contributed by atoms with Crippen LogP contribution >= 0.6 is 35.2 Å². The van der Waals surface area contributed by atoms with Crippen LogP contribution in [0.2, 0.25) is 5.02 Å². The van der Waals surface area contributed by atoms with E-state index >= 15 is 0 Å². The Morgan fingerprint density at radius 1 is 1.30 bits per heavy atom. The molecule has 0 saturated carbocycles. The van der Waals surface area contributed by atoms with Gasteiger partial charge >= 0.3 is 0 Å². The third-order valence-electron chi connectivity index (χ3n) is 5.25. The van der Waals surface area contributed by atoms with Gasteiger partial charge in [-0.1, -0.05) is 23.7 Å². The lowest BCUT2D eigenvalue weighted by atomic mass is 9.97. The maximum atomic E-state index is 13.2. The number of hydrogen-bond acceptors (Lipinski definition) is 7. The van der Waals surface area contributed by atoms with Gasteiger partial charge in [0.25, 0.3) is 10.4 Å². The van der Waals surface area contributed by atoms with E-state index < -0.39 is 0 Å². The molecule has 5 rings (SSSR count). The van der Waals surface area contributed by atoms with Gasteiger partial charge in [-0.15, -0.1) is 16.4 Å². The summed E-state index contributed by atoms with van der Waals surface area (Å²) in [5.41, 5.74) is 4.83. The summed E-state index contributed by atoms with van der Waals surface area (Å²) < 4.78 is 8.55. The van der Waals surface area contributed by atoms with Crippen molar-refractivity contribution in [2.45, 2.75) is 39.3 Å². The predicted octanol–water partition coefficient (Wildman–Crippen LogP) is 4.69. The Kier molecular flexibility index (Phi) is 4.96. The fourth-order valence-corrected chi connectivity index (χ4v) is 5.48. The van der Waals surface area contributed by atoms with Gasteiger partial charge in [0.1, 0.15) is 17.3 Å². The lowest BCUT2D eigenvalue weighted by Crippen LogP contribution is -2.33. The molecule has 0 fully saturated rings. The first-order chi connectivity index (χ1) is 14.5. The zero-order chi connectivity index (χ0) is 20.8. The van der Waals surface area contributed by atoms with E-state index in [-0.39, 0.29) is 17.1 Å². The molecule has 0 radical (unpaired) electrons. The fourth-order valence-electron chi connectivity index (χ4n) is 3.78. The summed E-state index contributed by atoms with van der Waals surface area (Å²) in [7, 11) is 0. The Labute approximate surface area is 185 Å². The number of hydrogen-bond donors (Lipinski definition) is 1. The van der Waals surface area contributed by atoms with E-state index in [1.165, 1.54) is 20.7 Å². The van der Waals surface area contributed by atoms with Crippen molar-refractivity contribution in [2.75, 3.05) is 5.43 Å². The van der Waals surface area contributed by atoms with Crippen molar-refractivity contribution < 1.29 is 4.42 Å². The average Bonchev–Trinajstić information content (AvgIpc) is 3.28. The Hall–Kier alpha value is -2.49. The maximum Gasteiger partial charge on any atom is 0.289 e. The van der Waals surface area contributed by atoms with E-state index in [0.717, 1.165) is 35.0 Å². The number of benzene rings is 1. The minimum atomic E-state index is -0.0850. The molecule has 1 aliphatic carbocycles. The Bertz CT molecular complexity index is 1380. The van der Waals surface area contributed by atoms with Gasteiger partial charge < -0.3 is 4.42 Å². The summed E-state index contributed by atoms with van der Waals surface area (Å²) in [6.45, 7) is 1.97. The van der Waals surface area contributed by atoms with E-state index in [0.29, 0.717) is 22.3 Å². The summed E-state index contributed by atoms with van der Waals surface area (Å²) in [5, 5.41) is 5.66. The van der Waals surface area contributed by atoms with Crippen LogP contribution in [-0.4, -0.2) is 19.4 Å². The zero-order valence-electron chi connectivity index (χ0n) is 16.1. The molecule has 3 heterocycles. The topological polar surface area (TPSA) is 77.9 Å². The molecule has 3 aromatic heterocycles. The van der Waals surface area contributed by atoms with E-state index in [2.05, 4.69) is 15.5 Å². The van der Waals surface area contributed by atoms with Crippen molar-refractivity contribution in [3.63, 3.8) is 0 Å². The van der Waals surface area contributed by atoms with Crippen LogP contribution in [0.1, 0.15) is 29.1 Å². The predicted molar refractivity (Wildman–Crippen MR) is 120 cm³/mol. The van der Waals surface area contributed by atoms with Crippen molar-refractivity contribution in [1.82, 2.24) is 19.4 Å². The number of thiophene rings is 1. The average molecular weight is 460 g/mol. The second-order valence-corrected chi connectivity index (χ2v) is 9.00. The van der Waals surface area contributed by atoms with Crippen LogP contribution in [-0.2, 0) is 19.5 Å². The minimum Gasteiger partial charge on any atom is -0.409 e. The molecule has 0 saturated heterocycles. The molecule has 10 heteroatoms. The van der Waals surface area contributed by atoms with Gasteiger partial charge in [0.2, 0.25) is 5.89 Å². The molecule has 1 N–H and O–H groups in total. The van der Waals surface area contributed by atoms with E-state index in [9.17, 15) is 4.79 Å². The summed E-state index contributed by atoms with van der Waals surface area (Å²) in [5.74, 6) is 0.921. The molecule has 0 amide bonds. The van der Waals surface area contributed by atoms with E-state index in [1.54, 1.807) is 17.4 Å². The molecule has 1 aromatic carbocycles. The minimum absolute atomic E-state index is 0.0850. The largest absolute Gasteiger partial charge is 0.409 e. The summed E-state index contributed by atoms with van der Waals surface area (Å²) in [6.07, 6.45) is 4.24. The van der Waals surface area contributed by atoms with Crippen LogP contribution in [0.5, 0.6) is 0 Å². The second-order valence-electron chi connectivity index (χ2n) is 7.16. The van der Waals surface area contributed by atoms with Crippen LogP contribution in [0.15, 0.2) is 33.5 Å². The van der Waals surface area contributed by atoms with Crippen LogP contribution in [0.4, 0.5) is 0 Å². The van der Waals surface area contributed by atoms with Gasteiger partial charge in [0.15, 0.2) is 0 Å². The van der Waals surface area contributed by atoms with Crippen molar-refractivity contribution in [3.8, 4) is 11.5 Å². The maximum absolute atomic E-state index is 13.2. The quantitative estimate of drug-likeness (QED) is 0.446. The molecule has 0 bridgehead atoms. The van der Waals surface area contributed by atoms with Gasteiger partial charge in [0, 0.05) is 4.88 Å². The van der Waals surface area contributed by atoms with Crippen molar-refractivity contribution >= 4 is 45.4 Å². The Morgan fingerprint density at radius 3 is 2.93 bits per heavy atom. The van der Waals surface area contributed by atoms with E-state index in [1.807, 2.05) is 25.1 Å². The van der Waals surface area contributed by atoms with Crippen molar-refractivity contribution in [3.05, 3.63) is 60.7 Å². The number of rotatable bonds is 4. The van der Waals surface area contributed by atoms with Gasteiger partial charge in [-0.05, 0) is 62.5 Å². The summed E-state index contributed by atoms with van der Waals surface area (Å²) >= 11 is 13.2. The number of aryl methyl sites for hydroxylation is 3. The molecule has 30 heavy (non-hydrogen) atoms. The highest BCUT2D eigenvalue weighted by Crippen LogP contribution is 2.33. The zero-order valence-corrected chi connectivity index (χ0v) is 18.5. The molecule has 0 atom stereocenters. The first kappa shape index (κ1) is 19.5. The number of aromatic nitrogens is 4. The lowest BCUT2D eigenvalue weighted by Gasteiger charge is -2.13. The molecular formula is C20H18ClN5O2S2. The Morgan fingerprint density at radius 2 is 2.10 bits per heavy atom.